The Labute approximate surface area is 130 Å². The lowest BCUT2D eigenvalue weighted by Gasteiger charge is -2.08. The van der Waals surface area contributed by atoms with Crippen molar-refractivity contribution in [3.05, 3.63) is 47.1 Å². The number of carbonyl (C=O) groups is 1. The number of hydrogen-bond acceptors (Lipinski definition) is 4. The number of hydrogen-bond donors (Lipinski definition) is 0. The molecule has 0 radical (unpaired) electrons. The Kier molecular flexibility index (Phi) is 4.37. The fourth-order valence-corrected chi connectivity index (χ4v) is 4.57. The Hall–Kier alpha value is -0.790. The Morgan fingerprint density at radius 2 is 2.05 bits per heavy atom. The van der Waals surface area contributed by atoms with E-state index < -0.39 is 0 Å². The summed E-state index contributed by atoms with van der Waals surface area (Å²) in [4.78, 5) is 28.3. The Morgan fingerprint density at radius 1 is 1.37 bits per heavy atom. The van der Waals surface area contributed by atoms with Crippen molar-refractivity contribution in [2.75, 3.05) is 0 Å². The SMILES string of the molecule is Cc1cc(=O)n(CC(=O)c2cc(Br)sc2Br)c(C)n1. The Balaban J connectivity index is 2.35. The molecule has 0 aliphatic carbocycles. The van der Waals surface area contributed by atoms with Crippen LogP contribution in [0.3, 0.4) is 0 Å². The molecular formula is C12H10Br2N2O2S. The van der Waals surface area contributed by atoms with Crippen LogP contribution < -0.4 is 5.56 Å². The molecule has 19 heavy (non-hydrogen) atoms. The third-order valence-electron chi connectivity index (χ3n) is 2.59. The van der Waals surface area contributed by atoms with Crippen LogP contribution in [0.4, 0.5) is 0 Å². The monoisotopic (exact) mass is 404 g/mol. The molecule has 0 aliphatic heterocycles. The van der Waals surface area contributed by atoms with Crippen LogP contribution in [0.15, 0.2) is 24.5 Å². The van der Waals surface area contributed by atoms with E-state index in [9.17, 15) is 9.59 Å². The van der Waals surface area contributed by atoms with Crippen LogP contribution in [-0.2, 0) is 6.54 Å². The van der Waals surface area contributed by atoms with Gasteiger partial charge in [-0.3, -0.25) is 14.2 Å². The summed E-state index contributed by atoms with van der Waals surface area (Å²) in [5.74, 6) is 0.424. The molecule has 0 unspecified atom stereocenters. The highest BCUT2D eigenvalue weighted by molar-refractivity contribution is 9.12. The van der Waals surface area contributed by atoms with Crippen LogP contribution in [-0.4, -0.2) is 15.3 Å². The zero-order chi connectivity index (χ0) is 14.2. The second kappa shape index (κ2) is 5.68. The smallest absolute Gasteiger partial charge is 0.254 e. The fourth-order valence-electron chi connectivity index (χ4n) is 1.72. The molecular weight excluding hydrogens is 396 g/mol. The minimum Gasteiger partial charge on any atom is -0.292 e. The number of halogens is 2. The van der Waals surface area contributed by atoms with Gasteiger partial charge in [0.25, 0.3) is 5.56 Å². The van der Waals surface area contributed by atoms with Gasteiger partial charge in [0.1, 0.15) is 5.82 Å². The van der Waals surface area contributed by atoms with Crippen LogP contribution >= 0.6 is 43.2 Å². The summed E-state index contributed by atoms with van der Waals surface area (Å²) < 4.78 is 3.01. The first kappa shape index (κ1) is 14.6. The topological polar surface area (TPSA) is 52.0 Å². The van der Waals surface area contributed by atoms with E-state index in [2.05, 4.69) is 36.8 Å². The number of aromatic nitrogens is 2. The van der Waals surface area contributed by atoms with Gasteiger partial charge in [0.15, 0.2) is 5.78 Å². The molecule has 2 heterocycles. The quantitative estimate of drug-likeness (QED) is 0.736. The zero-order valence-electron chi connectivity index (χ0n) is 10.2. The zero-order valence-corrected chi connectivity index (χ0v) is 14.2. The largest absolute Gasteiger partial charge is 0.292 e. The number of aryl methyl sites for hydroxylation is 2. The predicted octanol–water partition coefficient (Wildman–Crippen LogP) is 3.33. The maximum atomic E-state index is 12.2. The van der Waals surface area contributed by atoms with Gasteiger partial charge in [-0.2, -0.15) is 0 Å². The third kappa shape index (κ3) is 3.21. The molecule has 0 atom stereocenters. The highest BCUT2D eigenvalue weighted by Gasteiger charge is 2.16. The lowest BCUT2D eigenvalue weighted by Crippen LogP contribution is -2.27. The Morgan fingerprint density at radius 3 is 2.58 bits per heavy atom. The van der Waals surface area contributed by atoms with E-state index in [1.165, 1.54) is 22.0 Å². The summed E-state index contributed by atoms with van der Waals surface area (Å²) >= 11 is 8.10. The standard InChI is InChI=1S/C12H10Br2N2O2S/c1-6-3-11(18)16(7(2)15-6)5-9(17)8-4-10(13)19-12(8)14/h3-4H,5H2,1-2H3. The third-order valence-corrected chi connectivity index (χ3v) is 4.93. The van der Waals surface area contributed by atoms with E-state index in [4.69, 9.17) is 0 Å². The molecule has 0 saturated carbocycles. The van der Waals surface area contributed by atoms with Crippen LogP contribution in [0.25, 0.3) is 0 Å². The average Bonchev–Trinajstić information content (AvgIpc) is 2.62. The first-order chi connectivity index (χ1) is 8.88. The van der Waals surface area contributed by atoms with E-state index in [-0.39, 0.29) is 17.9 Å². The van der Waals surface area contributed by atoms with Gasteiger partial charge in [-0.05, 0) is 51.8 Å². The molecule has 7 heteroatoms. The summed E-state index contributed by atoms with van der Waals surface area (Å²) in [6.45, 7) is 3.48. The molecule has 0 aliphatic rings. The molecule has 0 N–H and O–H groups in total. The van der Waals surface area contributed by atoms with Crippen molar-refractivity contribution in [2.45, 2.75) is 20.4 Å². The van der Waals surface area contributed by atoms with Gasteiger partial charge in [0.2, 0.25) is 0 Å². The van der Waals surface area contributed by atoms with E-state index >= 15 is 0 Å². The van der Waals surface area contributed by atoms with Gasteiger partial charge in [-0.25, -0.2) is 4.98 Å². The molecule has 0 aromatic carbocycles. The minimum atomic E-state index is -0.205. The first-order valence-electron chi connectivity index (χ1n) is 5.41. The van der Waals surface area contributed by atoms with E-state index in [1.54, 1.807) is 19.9 Å². The van der Waals surface area contributed by atoms with Crippen LogP contribution in [0, 0.1) is 13.8 Å². The fraction of sp³-hybridized carbons (Fsp3) is 0.250. The molecule has 0 bridgehead atoms. The minimum absolute atomic E-state index is 0.000278. The summed E-state index contributed by atoms with van der Waals surface area (Å²) in [5, 5.41) is 0. The number of ketones is 1. The van der Waals surface area contributed by atoms with E-state index in [0.717, 1.165) is 7.57 Å². The second-order valence-corrected chi connectivity index (χ2v) is 7.78. The van der Waals surface area contributed by atoms with E-state index in [0.29, 0.717) is 17.1 Å². The molecule has 0 amide bonds. The maximum Gasteiger partial charge on any atom is 0.254 e. The lowest BCUT2D eigenvalue weighted by molar-refractivity contribution is 0.0969. The Bertz CT molecular complexity index is 706. The molecule has 2 aromatic heterocycles. The average molecular weight is 406 g/mol. The van der Waals surface area contributed by atoms with Gasteiger partial charge in [-0.15, -0.1) is 11.3 Å². The van der Waals surface area contributed by atoms with Crippen LogP contribution in [0.2, 0.25) is 0 Å². The van der Waals surface area contributed by atoms with Crippen LogP contribution in [0.5, 0.6) is 0 Å². The van der Waals surface area contributed by atoms with E-state index in [1.807, 2.05) is 0 Å². The molecule has 100 valence electrons. The number of Topliss-reactive ketones (excluding diaryl/α,β-unsaturated/α-hetero) is 1. The normalized spacial score (nSPS) is 10.7. The van der Waals surface area contributed by atoms with Gasteiger partial charge in [0.05, 0.1) is 14.1 Å². The van der Waals surface area contributed by atoms with Crippen molar-refractivity contribution in [3.8, 4) is 0 Å². The van der Waals surface area contributed by atoms with Crippen molar-refractivity contribution >= 4 is 49.0 Å². The number of thiophene rings is 1. The van der Waals surface area contributed by atoms with Crippen LogP contribution in [0.1, 0.15) is 21.9 Å². The highest BCUT2D eigenvalue weighted by Crippen LogP contribution is 2.32. The molecule has 0 fully saturated rings. The molecule has 4 nitrogen and oxygen atoms in total. The van der Waals surface area contributed by atoms with Gasteiger partial charge in [0, 0.05) is 17.3 Å². The predicted molar refractivity (Wildman–Crippen MR) is 82.0 cm³/mol. The molecule has 2 rings (SSSR count). The maximum absolute atomic E-state index is 12.2. The molecule has 2 aromatic rings. The second-order valence-electron chi connectivity index (χ2n) is 4.03. The van der Waals surface area contributed by atoms with Crippen molar-refractivity contribution in [1.82, 2.24) is 9.55 Å². The summed E-state index contributed by atoms with van der Waals surface area (Å²) in [6, 6.07) is 3.18. The number of rotatable bonds is 3. The van der Waals surface area contributed by atoms with Gasteiger partial charge >= 0.3 is 0 Å². The van der Waals surface area contributed by atoms with Gasteiger partial charge in [-0.1, -0.05) is 0 Å². The van der Waals surface area contributed by atoms with Crippen molar-refractivity contribution in [3.63, 3.8) is 0 Å². The summed E-state index contributed by atoms with van der Waals surface area (Å²) in [6.07, 6.45) is 0. The van der Waals surface area contributed by atoms with Crippen molar-refractivity contribution in [2.24, 2.45) is 0 Å². The first-order valence-corrected chi connectivity index (χ1v) is 7.82. The number of carbonyl (C=O) groups excluding carboxylic acids is 1. The summed E-state index contributed by atoms with van der Waals surface area (Å²) in [7, 11) is 0. The summed E-state index contributed by atoms with van der Waals surface area (Å²) in [5.41, 5.74) is 1.03. The lowest BCUT2D eigenvalue weighted by atomic mass is 10.2. The highest BCUT2D eigenvalue weighted by atomic mass is 79.9. The molecule has 0 spiro atoms. The number of nitrogens with zero attached hydrogens (tertiary/aromatic N) is 2. The van der Waals surface area contributed by atoms with Crippen molar-refractivity contribution in [1.29, 1.82) is 0 Å². The molecule has 0 saturated heterocycles. The van der Waals surface area contributed by atoms with Crippen molar-refractivity contribution < 1.29 is 4.79 Å². The van der Waals surface area contributed by atoms with Gasteiger partial charge < -0.3 is 0 Å².